The molecule has 2 atom stereocenters. The van der Waals surface area contributed by atoms with Gasteiger partial charge in [-0.05, 0) is 57.0 Å². The van der Waals surface area contributed by atoms with Crippen LogP contribution in [-0.2, 0) is 4.74 Å². The lowest BCUT2D eigenvalue weighted by Gasteiger charge is -2.39. The second kappa shape index (κ2) is 9.32. The fourth-order valence-electron chi connectivity index (χ4n) is 5.34. The molecule has 2 fully saturated rings. The molecule has 0 radical (unpaired) electrons. The van der Waals surface area contributed by atoms with E-state index in [4.69, 9.17) is 0 Å². The van der Waals surface area contributed by atoms with Crippen molar-refractivity contribution in [1.82, 2.24) is 20.1 Å². The van der Waals surface area contributed by atoms with Crippen molar-refractivity contribution in [2.24, 2.45) is 0 Å². The summed E-state index contributed by atoms with van der Waals surface area (Å²) in [6, 6.07) is 10.2. The molecule has 1 aromatic heterocycles. The van der Waals surface area contributed by atoms with Crippen molar-refractivity contribution in [1.29, 1.82) is 0 Å². The molecule has 8 heteroatoms. The number of methoxy groups -OCH3 is 1. The minimum Gasteiger partial charge on any atom is -0.453 e. The molecular weight excluding hydrogens is 408 g/mol. The van der Waals surface area contributed by atoms with Crippen LogP contribution < -0.4 is 16.2 Å². The Hall–Kier alpha value is -2.87. The van der Waals surface area contributed by atoms with Crippen molar-refractivity contribution in [2.45, 2.75) is 63.7 Å². The summed E-state index contributed by atoms with van der Waals surface area (Å²) in [6.45, 7) is 5.23. The maximum atomic E-state index is 13.1. The number of benzene rings is 1. The zero-order valence-corrected chi connectivity index (χ0v) is 19.0. The van der Waals surface area contributed by atoms with Gasteiger partial charge >= 0.3 is 6.09 Å². The molecule has 0 aliphatic carbocycles. The number of nitrogens with zero attached hydrogens (tertiary/aromatic N) is 2. The highest BCUT2D eigenvalue weighted by Gasteiger charge is 2.41. The Labute approximate surface area is 187 Å². The van der Waals surface area contributed by atoms with Crippen LogP contribution in [0.4, 0.5) is 4.79 Å². The second-order valence-corrected chi connectivity index (χ2v) is 9.07. The molecule has 2 amide bonds. The van der Waals surface area contributed by atoms with Gasteiger partial charge in [-0.1, -0.05) is 18.2 Å². The number of hydrogen-bond acceptors (Lipinski definition) is 5. The molecule has 2 N–H and O–H groups in total. The molecule has 2 unspecified atom stereocenters. The normalized spacial score (nSPS) is 22.8. The molecule has 2 aliphatic heterocycles. The lowest BCUT2D eigenvalue weighted by molar-refractivity contribution is 0.0842. The van der Waals surface area contributed by atoms with Gasteiger partial charge < -0.3 is 19.9 Å². The van der Waals surface area contributed by atoms with Gasteiger partial charge in [0.05, 0.1) is 12.6 Å². The van der Waals surface area contributed by atoms with Crippen LogP contribution in [-0.4, -0.2) is 59.8 Å². The van der Waals surface area contributed by atoms with Gasteiger partial charge in [0.25, 0.3) is 11.5 Å². The summed E-state index contributed by atoms with van der Waals surface area (Å²) in [4.78, 5) is 40.0. The largest absolute Gasteiger partial charge is 0.453 e. The maximum absolute atomic E-state index is 13.1. The Kier molecular flexibility index (Phi) is 6.50. The highest BCUT2D eigenvalue weighted by Crippen LogP contribution is 2.35. The molecule has 1 aromatic carbocycles. The van der Waals surface area contributed by atoms with E-state index in [1.807, 2.05) is 38.1 Å². The summed E-state index contributed by atoms with van der Waals surface area (Å²) < 4.78 is 6.33. The SMILES string of the molecule is COC(=O)NCCN1C2CCC1CC(NC(=O)c1cc3ccccc3n(C(C)C)c1=O)C2. The number of ether oxygens (including phenoxy) is 1. The fourth-order valence-corrected chi connectivity index (χ4v) is 5.34. The van der Waals surface area contributed by atoms with Crippen molar-refractivity contribution >= 4 is 22.9 Å². The molecule has 0 spiro atoms. The third kappa shape index (κ3) is 4.37. The lowest BCUT2D eigenvalue weighted by atomic mass is 9.97. The van der Waals surface area contributed by atoms with Gasteiger partial charge in [-0.3, -0.25) is 14.5 Å². The van der Waals surface area contributed by atoms with E-state index in [1.165, 1.54) is 7.11 Å². The standard InChI is InChI=1S/C24H32N4O4/c1-15(2)28-21-7-5-4-6-16(21)12-20(23(28)30)22(29)26-17-13-18-8-9-19(14-17)27(18)11-10-25-24(31)32-3/h4-7,12,15,17-19H,8-11,13-14H2,1-3H3,(H,25,31)(H,26,29). The van der Waals surface area contributed by atoms with E-state index in [0.29, 0.717) is 18.6 Å². The van der Waals surface area contributed by atoms with Crippen molar-refractivity contribution in [2.75, 3.05) is 20.2 Å². The van der Waals surface area contributed by atoms with Gasteiger partial charge in [-0.25, -0.2) is 4.79 Å². The number of aromatic nitrogens is 1. The molecule has 2 aromatic rings. The van der Waals surface area contributed by atoms with E-state index in [2.05, 4.69) is 20.3 Å². The predicted molar refractivity (Wildman–Crippen MR) is 123 cm³/mol. The van der Waals surface area contributed by atoms with Crippen molar-refractivity contribution in [3.63, 3.8) is 0 Å². The van der Waals surface area contributed by atoms with Gasteiger partial charge in [0.1, 0.15) is 5.56 Å². The number of piperidine rings is 1. The van der Waals surface area contributed by atoms with Gasteiger partial charge in [0.2, 0.25) is 0 Å². The third-order valence-corrected chi connectivity index (χ3v) is 6.75. The van der Waals surface area contributed by atoms with E-state index in [-0.39, 0.29) is 29.1 Å². The Morgan fingerprint density at radius 3 is 2.50 bits per heavy atom. The monoisotopic (exact) mass is 440 g/mol. The number of para-hydroxylation sites is 1. The summed E-state index contributed by atoms with van der Waals surface area (Å²) in [5, 5.41) is 6.77. The average molecular weight is 441 g/mol. The highest BCUT2D eigenvalue weighted by molar-refractivity contribution is 5.97. The molecule has 2 saturated heterocycles. The number of amides is 2. The van der Waals surface area contributed by atoms with Crippen LogP contribution in [0.5, 0.6) is 0 Å². The third-order valence-electron chi connectivity index (χ3n) is 6.75. The highest BCUT2D eigenvalue weighted by atomic mass is 16.5. The summed E-state index contributed by atoms with van der Waals surface area (Å²) in [6.07, 6.45) is 3.47. The first-order chi connectivity index (χ1) is 15.4. The van der Waals surface area contributed by atoms with Gasteiger partial charge in [-0.15, -0.1) is 0 Å². The number of carbonyl (C=O) groups excluding carboxylic acids is 2. The second-order valence-electron chi connectivity index (χ2n) is 9.07. The van der Waals surface area contributed by atoms with Gasteiger partial charge in [0.15, 0.2) is 0 Å². The fraction of sp³-hybridized carbons (Fsp3) is 0.542. The van der Waals surface area contributed by atoms with Crippen LogP contribution >= 0.6 is 0 Å². The molecule has 8 nitrogen and oxygen atoms in total. The number of carbonyl (C=O) groups is 2. The van der Waals surface area contributed by atoms with Crippen LogP contribution in [0.1, 0.15) is 55.9 Å². The topological polar surface area (TPSA) is 92.7 Å². The molecule has 2 aliphatic rings. The first kappa shape index (κ1) is 22.3. The number of fused-ring (bicyclic) bond motifs is 3. The van der Waals surface area contributed by atoms with E-state index >= 15 is 0 Å². The minimum absolute atomic E-state index is 0.0437. The summed E-state index contributed by atoms with van der Waals surface area (Å²) in [5.41, 5.74) is 0.802. The Morgan fingerprint density at radius 1 is 1.16 bits per heavy atom. The van der Waals surface area contributed by atoms with Crippen LogP contribution in [0.3, 0.4) is 0 Å². The van der Waals surface area contributed by atoms with Crippen molar-refractivity contribution in [3.05, 3.63) is 46.2 Å². The number of alkyl carbamates (subject to hydrolysis) is 1. The van der Waals surface area contributed by atoms with E-state index in [1.54, 1.807) is 10.6 Å². The Morgan fingerprint density at radius 2 is 1.84 bits per heavy atom. The van der Waals surface area contributed by atoms with Crippen molar-refractivity contribution in [3.8, 4) is 0 Å². The smallest absolute Gasteiger partial charge is 0.406 e. The van der Waals surface area contributed by atoms with Crippen LogP contribution in [0.25, 0.3) is 10.9 Å². The zero-order chi connectivity index (χ0) is 22.8. The van der Waals surface area contributed by atoms with Gasteiger partial charge in [0, 0.05) is 37.3 Å². The van der Waals surface area contributed by atoms with Crippen molar-refractivity contribution < 1.29 is 14.3 Å². The maximum Gasteiger partial charge on any atom is 0.406 e. The molecule has 4 rings (SSSR count). The van der Waals surface area contributed by atoms with Crippen LogP contribution in [0, 0.1) is 0 Å². The molecular formula is C24H32N4O4. The molecule has 172 valence electrons. The quantitative estimate of drug-likeness (QED) is 0.721. The van der Waals surface area contributed by atoms with Gasteiger partial charge in [-0.2, -0.15) is 0 Å². The number of nitrogens with one attached hydrogen (secondary N) is 2. The van der Waals surface area contributed by atoms with E-state index in [9.17, 15) is 14.4 Å². The minimum atomic E-state index is -0.415. The van der Waals surface area contributed by atoms with Crippen LogP contribution in [0.2, 0.25) is 0 Å². The molecule has 32 heavy (non-hydrogen) atoms. The van der Waals surface area contributed by atoms with Crippen LogP contribution in [0.15, 0.2) is 35.1 Å². The Bertz CT molecular complexity index is 1050. The molecule has 2 bridgehead atoms. The number of pyridine rings is 1. The van der Waals surface area contributed by atoms with E-state index < -0.39 is 6.09 Å². The summed E-state index contributed by atoms with van der Waals surface area (Å²) >= 11 is 0. The van der Waals surface area contributed by atoms with E-state index in [0.717, 1.165) is 43.1 Å². The summed E-state index contributed by atoms with van der Waals surface area (Å²) in [7, 11) is 1.36. The molecule has 3 heterocycles. The summed E-state index contributed by atoms with van der Waals surface area (Å²) in [5.74, 6) is -0.291. The number of hydrogen-bond donors (Lipinski definition) is 2. The average Bonchev–Trinajstić information content (AvgIpc) is 3.00. The number of rotatable bonds is 6. The zero-order valence-electron chi connectivity index (χ0n) is 19.0. The first-order valence-electron chi connectivity index (χ1n) is 11.4. The molecule has 0 saturated carbocycles. The first-order valence-corrected chi connectivity index (χ1v) is 11.4. The lowest BCUT2D eigenvalue weighted by Crippen LogP contribution is -2.52. The predicted octanol–water partition coefficient (Wildman–Crippen LogP) is 2.66. The Balaban J connectivity index is 1.46.